The molecular weight excluding hydrogens is 158 g/mol. The van der Waals surface area contributed by atoms with Crippen LogP contribution in [-0.2, 0) is 0 Å². The number of H-pyrrole nitrogens is 1. The summed E-state index contributed by atoms with van der Waals surface area (Å²) in [6.07, 6.45) is -0.432. The highest BCUT2D eigenvalue weighted by atomic mass is 16.3. The first-order valence-corrected chi connectivity index (χ1v) is 3.66. The van der Waals surface area contributed by atoms with E-state index in [1.807, 2.05) is 0 Å². The molecule has 0 fully saturated rings. The van der Waals surface area contributed by atoms with Crippen molar-refractivity contribution in [2.45, 2.75) is 13.0 Å². The average Bonchev–Trinajstić information content (AvgIpc) is 2.03. The quantitative estimate of drug-likeness (QED) is 0.573. The number of aliphatic hydroxyl groups is 1. The van der Waals surface area contributed by atoms with E-state index < -0.39 is 6.10 Å². The van der Waals surface area contributed by atoms with E-state index in [-0.39, 0.29) is 5.56 Å². The van der Waals surface area contributed by atoms with Gasteiger partial charge in [-0.25, -0.2) is 5.10 Å². The van der Waals surface area contributed by atoms with Crippen molar-refractivity contribution in [1.29, 1.82) is 0 Å². The molecule has 66 valence electrons. The summed E-state index contributed by atoms with van der Waals surface area (Å²) >= 11 is 0. The van der Waals surface area contributed by atoms with Gasteiger partial charge >= 0.3 is 0 Å². The highest BCUT2D eigenvalue weighted by molar-refractivity contribution is 5.31. The maximum atomic E-state index is 10.6. The van der Waals surface area contributed by atoms with Gasteiger partial charge in [-0.1, -0.05) is 0 Å². The molecule has 1 atom stereocenters. The van der Waals surface area contributed by atoms with E-state index >= 15 is 0 Å². The first-order chi connectivity index (χ1) is 5.68. The van der Waals surface area contributed by atoms with Crippen molar-refractivity contribution < 1.29 is 5.11 Å². The standard InChI is InChI=1S/C7H11N3O2/c1-5(11)4-8-6-2-3-7(12)10-9-6/h2-3,5,11H,4H2,1H3,(H,8,9)(H,10,12). The lowest BCUT2D eigenvalue weighted by atomic mass is 10.4. The second kappa shape index (κ2) is 3.87. The van der Waals surface area contributed by atoms with E-state index in [1.54, 1.807) is 13.0 Å². The van der Waals surface area contributed by atoms with Gasteiger partial charge in [-0.2, -0.15) is 5.10 Å². The lowest BCUT2D eigenvalue weighted by Gasteiger charge is -2.05. The summed E-state index contributed by atoms with van der Waals surface area (Å²) in [6, 6.07) is 2.93. The molecule has 5 nitrogen and oxygen atoms in total. The van der Waals surface area contributed by atoms with E-state index in [9.17, 15) is 4.79 Å². The molecule has 0 aromatic carbocycles. The Morgan fingerprint density at radius 3 is 3.00 bits per heavy atom. The summed E-state index contributed by atoms with van der Waals surface area (Å²) in [5.41, 5.74) is -0.238. The van der Waals surface area contributed by atoms with Gasteiger partial charge in [0.2, 0.25) is 0 Å². The van der Waals surface area contributed by atoms with Gasteiger partial charge in [-0.05, 0) is 13.0 Å². The Bertz CT molecular complexity index is 274. The molecular formula is C7H11N3O2. The second-order valence-corrected chi connectivity index (χ2v) is 2.54. The van der Waals surface area contributed by atoms with Crippen LogP contribution < -0.4 is 10.9 Å². The lowest BCUT2D eigenvalue weighted by Crippen LogP contribution is -2.17. The molecule has 1 aromatic heterocycles. The molecule has 0 aliphatic carbocycles. The summed E-state index contributed by atoms with van der Waals surface area (Å²) in [6.45, 7) is 2.08. The highest BCUT2D eigenvalue weighted by Crippen LogP contribution is 1.95. The van der Waals surface area contributed by atoms with E-state index in [0.29, 0.717) is 12.4 Å². The van der Waals surface area contributed by atoms with Crippen LogP contribution in [0.1, 0.15) is 6.92 Å². The normalized spacial score (nSPS) is 12.5. The van der Waals surface area contributed by atoms with E-state index in [0.717, 1.165) is 0 Å². The van der Waals surface area contributed by atoms with Crippen LogP contribution in [0.5, 0.6) is 0 Å². The lowest BCUT2D eigenvalue weighted by molar-refractivity contribution is 0.208. The molecule has 0 saturated heterocycles. The number of anilines is 1. The van der Waals surface area contributed by atoms with Crippen LogP contribution in [0, 0.1) is 0 Å². The van der Waals surface area contributed by atoms with Crippen molar-refractivity contribution in [3.05, 3.63) is 22.5 Å². The molecule has 12 heavy (non-hydrogen) atoms. The number of aromatic amines is 1. The zero-order valence-electron chi connectivity index (χ0n) is 6.74. The van der Waals surface area contributed by atoms with Crippen molar-refractivity contribution in [1.82, 2.24) is 10.2 Å². The fourth-order valence-electron chi connectivity index (χ4n) is 0.695. The first-order valence-electron chi connectivity index (χ1n) is 3.66. The number of aromatic nitrogens is 2. The topological polar surface area (TPSA) is 78.0 Å². The summed E-state index contributed by atoms with van der Waals surface area (Å²) in [5, 5.41) is 17.7. The summed E-state index contributed by atoms with van der Waals surface area (Å²) in [5.74, 6) is 0.551. The predicted octanol–water partition coefficient (Wildman–Crippen LogP) is -0.437. The molecule has 0 radical (unpaired) electrons. The number of hydrogen-bond donors (Lipinski definition) is 3. The number of nitrogens with zero attached hydrogens (tertiary/aromatic N) is 1. The Morgan fingerprint density at radius 1 is 1.75 bits per heavy atom. The molecule has 0 saturated carbocycles. The van der Waals surface area contributed by atoms with Crippen LogP contribution in [0.15, 0.2) is 16.9 Å². The van der Waals surface area contributed by atoms with E-state index in [2.05, 4.69) is 15.5 Å². The van der Waals surface area contributed by atoms with Crippen molar-refractivity contribution in [3.63, 3.8) is 0 Å². The molecule has 1 rings (SSSR count). The van der Waals surface area contributed by atoms with Crippen LogP contribution in [-0.4, -0.2) is 28.0 Å². The van der Waals surface area contributed by atoms with Gasteiger partial charge in [0.1, 0.15) is 5.82 Å². The summed E-state index contributed by atoms with van der Waals surface area (Å²) in [7, 11) is 0. The zero-order valence-corrected chi connectivity index (χ0v) is 6.74. The van der Waals surface area contributed by atoms with Crippen molar-refractivity contribution in [2.24, 2.45) is 0 Å². The van der Waals surface area contributed by atoms with Crippen LogP contribution in [0.4, 0.5) is 5.82 Å². The summed E-state index contributed by atoms with van der Waals surface area (Å²) < 4.78 is 0. The fraction of sp³-hybridized carbons (Fsp3) is 0.429. The number of aliphatic hydroxyl groups excluding tert-OH is 1. The minimum atomic E-state index is -0.432. The molecule has 0 amide bonds. The maximum Gasteiger partial charge on any atom is 0.264 e. The molecule has 5 heteroatoms. The van der Waals surface area contributed by atoms with Crippen LogP contribution >= 0.6 is 0 Å². The minimum absolute atomic E-state index is 0.238. The van der Waals surface area contributed by atoms with Crippen molar-refractivity contribution >= 4 is 5.82 Å². The van der Waals surface area contributed by atoms with Crippen molar-refractivity contribution in [2.75, 3.05) is 11.9 Å². The van der Waals surface area contributed by atoms with Gasteiger partial charge in [0.25, 0.3) is 5.56 Å². The Labute approximate surface area is 69.4 Å². The van der Waals surface area contributed by atoms with E-state index in [4.69, 9.17) is 5.11 Å². The molecule has 1 heterocycles. The Hall–Kier alpha value is -1.36. The SMILES string of the molecule is CC(O)CNc1ccc(=O)[nH]n1. The van der Waals surface area contributed by atoms with Crippen molar-refractivity contribution in [3.8, 4) is 0 Å². The Balaban J connectivity index is 2.53. The van der Waals surface area contributed by atoms with Crippen LogP contribution in [0.3, 0.4) is 0 Å². The Kier molecular flexibility index (Phi) is 2.82. The third-order valence-electron chi connectivity index (χ3n) is 1.26. The minimum Gasteiger partial charge on any atom is -0.392 e. The van der Waals surface area contributed by atoms with Gasteiger partial charge < -0.3 is 10.4 Å². The smallest absolute Gasteiger partial charge is 0.264 e. The molecule has 0 aliphatic heterocycles. The predicted molar refractivity (Wildman–Crippen MR) is 45.0 cm³/mol. The van der Waals surface area contributed by atoms with Crippen LogP contribution in [0.25, 0.3) is 0 Å². The number of rotatable bonds is 3. The van der Waals surface area contributed by atoms with Crippen LogP contribution in [0.2, 0.25) is 0 Å². The second-order valence-electron chi connectivity index (χ2n) is 2.54. The van der Waals surface area contributed by atoms with E-state index in [1.165, 1.54) is 6.07 Å². The molecule has 1 aromatic rings. The molecule has 1 unspecified atom stereocenters. The van der Waals surface area contributed by atoms with Gasteiger partial charge in [-0.3, -0.25) is 4.79 Å². The monoisotopic (exact) mass is 169 g/mol. The molecule has 0 spiro atoms. The third-order valence-corrected chi connectivity index (χ3v) is 1.26. The molecule has 0 aliphatic rings. The summed E-state index contributed by atoms with van der Waals surface area (Å²) in [4.78, 5) is 10.6. The number of hydrogen-bond acceptors (Lipinski definition) is 4. The zero-order chi connectivity index (χ0) is 8.97. The highest BCUT2D eigenvalue weighted by Gasteiger charge is 1.95. The van der Waals surface area contributed by atoms with Gasteiger partial charge in [-0.15, -0.1) is 0 Å². The third kappa shape index (κ3) is 2.71. The Morgan fingerprint density at radius 2 is 2.50 bits per heavy atom. The molecule has 3 N–H and O–H groups in total. The van der Waals surface area contributed by atoms with Gasteiger partial charge in [0, 0.05) is 12.6 Å². The number of nitrogens with one attached hydrogen (secondary N) is 2. The molecule has 0 bridgehead atoms. The van der Waals surface area contributed by atoms with Gasteiger partial charge in [0.15, 0.2) is 0 Å². The fourth-order valence-corrected chi connectivity index (χ4v) is 0.695. The van der Waals surface area contributed by atoms with Gasteiger partial charge in [0.05, 0.1) is 6.10 Å². The maximum absolute atomic E-state index is 10.6. The largest absolute Gasteiger partial charge is 0.392 e. The average molecular weight is 169 g/mol. The first kappa shape index (κ1) is 8.73.